The lowest BCUT2D eigenvalue weighted by atomic mass is 9.81. The summed E-state index contributed by atoms with van der Waals surface area (Å²) in [6.07, 6.45) is 0. The molecule has 1 aliphatic heterocycles. The molecule has 0 radical (unpaired) electrons. The molecule has 6 aromatic carbocycles. The predicted molar refractivity (Wildman–Crippen MR) is 283 cm³/mol. The number of benzene rings is 6. The maximum absolute atomic E-state index is 14.0. The summed E-state index contributed by atoms with van der Waals surface area (Å²) in [7, 11) is 2.18. The molecule has 0 fully saturated rings. The van der Waals surface area contributed by atoms with Crippen LogP contribution in [0.2, 0.25) is 0 Å². The number of methoxy groups -OCH3 is 4. The molecule has 1 aromatic heterocycles. The van der Waals surface area contributed by atoms with Crippen LogP contribution in [0.5, 0.6) is 34.5 Å². The van der Waals surface area contributed by atoms with Crippen molar-refractivity contribution in [3.63, 3.8) is 0 Å². The van der Waals surface area contributed by atoms with Crippen molar-refractivity contribution in [3.05, 3.63) is 131 Å². The Morgan fingerprint density at radius 2 is 0.857 bits per heavy atom. The average Bonchev–Trinajstić information content (AvgIpc) is 3.46. The monoisotopic (exact) mass is 985 g/mol. The fourth-order valence-electron chi connectivity index (χ4n) is 8.60. The Morgan fingerprint density at radius 3 is 1.30 bits per heavy atom. The average molecular weight is 986 g/mol. The molecule has 1 unspecified atom stereocenters. The molecule has 8 rings (SSSR count). The van der Waals surface area contributed by atoms with Crippen molar-refractivity contribution in [1.82, 2.24) is 0 Å². The first-order valence-electron chi connectivity index (χ1n) is 23.3. The van der Waals surface area contributed by atoms with Crippen molar-refractivity contribution in [2.75, 3.05) is 33.1 Å². The van der Waals surface area contributed by atoms with E-state index in [4.69, 9.17) is 40.9 Å². The lowest BCUT2D eigenvalue weighted by Crippen LogP contribution is -2.26. The molecule has 2 heterocycles. The van der Waals surface area contributed by atoms with Gasteiger partial charge in [-0.2, -0.15) is 0 Å². The van der Waals surface area contributed by atoms with Gasteiger partial charge in [0.2, 0.25) is 0 Å². The van der Waals surface area contributed by atoms with Gasteiger partial charge in [0.15, 0.2) is 0 Å². The van der Waals surface area contributed by atoms with Crippen LogP contribution in [0.25, 0.3) is 33.1 Å². The lowest BCUT2D eigenvalue weighted by molar-refractivity contribution is 0.0735. The van der Waals surface area contributed by atoms with Crippen LogP contribution in [0.4, 0.5) is 11.4 Å². The van der Waals surface area contributed by atoms with E-state index in [1.54, 1.807) is 34.5 Å². The van der Waals surface area contributed by atoms with Gasteiger partial charge in [0.25, 0.3) is 0 Å². The molecular formula is C57H65NO10P2. The number of carbonyl (C=O) groups is 1. The first-order valence-corrected chi connectivity index (χ1v) is 25.6. The van der Waals surface area contributed by atoms with Crippen molar-refractivity contribution in [1.29, 1.82) is 0 Å². The van der Waals surface area contributed by atoms with E-state index in [9.17, 15) is 4.79 Å². The van der Waals surface area contributed by atoms with Crippen LogP contribution in [0.1, 0.15) is 116 Å². The smallest absolute Gasteiger partial charge is 0.453 e. The Balaban J connectivity index is 1.48. The third-order valence-corrected chi connectivity index (χ3v) is 14.8. The SMILES string of the molecule is COc1cc(-c2cc(OC)cc(C(C)(C)C)c2Op2oc3c(C(C)(C)C)cc(OC)cc3c3cc(OC)cc(C(C)(C)C)c3o2)c(OP2OC(=O)c3ccccc3N2c2ccccc2)c(C(C)(C)C)c1. The van der Waals surface area contributed by atoms with Gasteiger partial charge in [-0.25, -0.2) is 4.79 Å². The van der Waals surface area contributed by atoms with Crippen LogP contribution in [-0.4, -0.2) is 34.4 Å². The van der Waals surface area contributed by atoms with E-state index in [0.29, 0.717) is 68.0 Å². The van der Waals surface area contributed by atoms with E-state index in [1.807, 2.05) is 102 Å². The second-order valence-electron chi connectivity index (χ2n) is 21.6. The van der Waals surface area contributed by atoms with Crippen LogP contribution in [-0.2, 0) is 26.2 Å². The molecule has 0 aliphatic carbocycles. The highest BCUT2D eigenvalue weighted by atomic mass is 31.2. The van der Waals surface area contributed by atoms with Crippen LogP contribution in [0.3, 0.4) is 0 Å². The molecule has 0 saturated carbocycles. The Bertz CT molecular complexity index is 3070. The van der Waals surface area contributed by atoms with Crippen LogP contribution >= 0.6 is 16.8 Å². The fraction of sp³-hybridized carbons (Fsp3) is 0.351. The quantitative estimate of drug-likeness (QED) is 0.122. The maximum Gasteiger partial charge on any atom is 0.453 e. The molecule has 0 amide bonds. The zero-order valence-electron chi connectivity index (χ0n) is 43.2. The molecule has 0 bridgehead atoms. The number of fused-ring (bicyclic) bond motifs is 4. The highest BCUT2D eigenvalue weighted by Crippen LogP contribution is 2.60. The molecule has 368 valence electrons. The fourth-order valence-corrected chi connectivity index (χ4v) is 11.2. The number of nitrogens with zero attached hydrogens (tertiary/aromatic N) is 1. The third-order valence-electron chi connectivity index (χ3n) is 12.3. The van der Waals surface area contributed by atoms with E-state index in [-0.39, 0.29) is 0 Å². The minimum absolute atomic E-state index is 0.396. The molecule has 7 aromatic rings. The lowest BCUT2D eigenvalue weighted by Gasteiger charge is -2.36. The summed E-state index contributed by atoms with van der Waals surface area (Å²) < 4.78 is 61.6. The van der Waals surface area contributed by atoms with Gasteiger partial charge in [0, 0.05) is 44.2 Å². The summed E-state index contributed by atoms with van der Waals surface area (Å²) in [4.78, 5) is 14.0. The molecular weight excluding hydrogens is 921 g/mol. The van der Waals surface area contributed by atoms with E-state index in [1.165, 1.54) is 0 Å². The Morgan fingerprint density at radius 1 is 0.457 bits per heavy atom. The molecule has 1 aliphatic rings. The summed E-state index contributed by atoms with van der Waals surface area (Å²) >= 11 is 0. The third kappa shape index (κ3) is 9.76. The normalized spacial score (nSPS) is 14.3. The maximum atomic E-state index is 14.0. The summed E-state index contributed by atoms with van der Waals surface area (Å²) in [5.41, 5.74) is 5.98. The van der Waals surface area contributed by atoms with Gasteiger partial charge in [0.1, 0.15) is 45.7 Å². The van der Waals surface area contributed by atoms with Crippen molar-refractivity contribution in [3.8, 4) is 45.6 Å². The van der Waals surface area contributed by atoms with Gasteiger partial charge >= 0.3 is 22.7 Å². The number of ether oxygens (including phenoxy) is 4. The largest absolute Gasteiger partial charge is 0.497 e. The standard InChI is InChI=1S/C57H65NO10P2/c1-54(2,3)44-30-35(60-13)26-40(49(44)64-69-58(34-22-18-17-19-23-34)48-25-21-20-24-39(48)53(59)68-69)41-27-36(61-14)31-45(55(4,5)6)50(41)65-70-66-51-42(28-37(62-15)32-46(51)56(7,8)9)43-29-38(63-16)33-47(52(43)67-70)57(10,11)12/h17-33H,1-16H3. The number of carbonyl (C=O) groups excluding carboxylic acids is 1. The Kier molecular flexibility index (Phi) is 13.5. The molecule has 1 atom stereocenters. The minimum atomic E-state index is -2.29. The molecule has 13 heteroatoms. The molecule has 0 saturated heterocycles. The van der Waals surface area contributed by atoms with Crippen molar-refractivity contribution < 1.29 is 45.7 Å². The highest BCUT2D eigenvalue weighted by molar-refractivity contribution is 7.51. The van der Waals surface area contributed by atoms with E-state index < -0.39 is 44.4 Å². The Labute approximate surface area is 414 Å². The number of hydrogen-bond donors (Lipinski definition) is 0. The summed E-state index contributed by atoms with van der Waals surface area (Å²) in [5.74, 6) is 3.00. The number of rotatable bonds is 10. The molecule has 0 N–H and O–H groups in total. The number of para-hydroxylation sites is 2. The topological polar surface area (TPSA) is 111 Å². The molecule has 0 spiro atoms. The van der Waals surface area contributed by atoms with Crippen LogP contribution < -0.4 is 32.7 Å². The summed E-state index contributed by atoms with van der Waals surface area (Å²) in [6, 6.07) is 33.1. The number of anilines is 2. The second kappa shape index (κ2) is 18.8. The van der Waals surface area contributed by atoms with Crippen molar-refractivity contribution in [2.45, 2.75) is 105 Å². The predicted octanol–water partition coefficient (Wildman–Crippen LogP) is 16.6. The summed E-state index contributed by atoms with van der Waals surface area (Å²) in [6.45, 7) is 25.6. The summed E-state index contributed by atoms with van der Waals surface area (Å²) in [5, 5.41) is 1.57. The van der Waals surface area contributed by atoms with Crippen LogP contribution in [0, 0.1) is 0 Å². The van der Waals surface area contributed by atoms with Gasteiger partial charge in [-0.15, -0.1) is 0 Å². The number of hydrogen-bond acceptors (Lipinski definition) is 11. The highest BCUT2D eigenvalue weighted by Gasteiger charge is 2.40. The van der Waals surface area contributed by atoms with Gasteiger partial charge < -0.3 is 40.9 Å². The molecule has 11 nitrogen and oxygen atoms in total. The molecule has 70 heavy (non-hydrogen) atoms. The van der Waals surface area contributed by atoms with Crippen molar-refractivity contribution in [2.24, 2.45) is 0 Å². The second-order valence-corrected chi connectivity index (χ2v) is 23.8. The van der Waals surface area contributed by atoms with Gasteiger partial charge in [-0.1, -0.05) is 113 Å². The van der Waals surface area contributed by atoms with Crippen LogP contribution in [0.15, 0.2) is 112 Å². The zero-order valence-corrected chi connectivity index (χ0v) is 45.0. The van der Waals surface area contributed by atoms with Crippen molar-refractivity contribution >= 4 is 56.0 Å². The van der Waals surface area contributed by atoms with Gasteiger partial charge in [-0.05, 0) is 94.5 Å². The Hall–Kier alpha value is -6.28. The van der Waals surface area contributed by atoms with E-state index >= 15 is 0 Å². The first-order chi connectivity index (χ1) is 32.9. The zero-order chi connectivity index (χ0) is 50.7. The first kappa shape index (κ1) is 50.1. The van der Waals surface area contributed by atoms with Gasteiger partial charge in [-0.3, -0.25) is 4.67 Å². The van der Waals surface area contributed by atoms with E-state index in [0.717, 1.165) is 38.7 Å². The van der Waals surface area contributed by atoms with E-state index in [2.05, 4.69) is 83.1 Å². The van der Waals surface area contributed by atoms with Gasteiger partial charge in [0.05, 0.1) is 45.4 Å². The minimum Gasteiger partial charge on any atom is -0.497 e.